The van der Waals surface area contributed by atoms with Gasteiger partial charge in [-0.3, -0.25) is 0 Å². The number of rotatable bonds is 4. The highest BCUT2D eigenvalue weighted by Gasteiger charge is 2.41. The van der Waals surface area contributed by atoms with Crippen molar-refractivity contribution in [1.29, 1.82) is 0 Å². The maximum Gasteiger partial charge on any atom is 0.424 e. The topological polar surface area (TPSA) is 32.8 Å². The van der Waals surface area contributed by atoms with Crippen LogP contribution in [0.25, 0.3) is 0 Å². The lowest BCUT2D eigenvalue weighted by Gasteiger charge is -2.34. The van der Waals surface area contributed by atoms with Crippen LogP contribution in [0.1, 0.15) is 54.4 Å². The van der Waals surface area contributed by atoms with Crippen molar-refractivity contribution in [1.82, 2.24) is 10.0 Å². The van der Waals surface area contributed by atoms with Gasteiger partial charge < -0.3 is 4.74 Å². The van der Waals surface area contributed by atoms with Gasteiger partial charge in [0.1, 0.15) is 0 Å². The van der Waals surface area contributed by atoms with E-state index in [0.717, 1.165) is 19.4 Å². The standard InChI is InChI=1S/C14H28N2O2/c1-7-8-13-9-15(14(17)18-11(4)5)16(10(2)3)12(13)6/h10-13H,7-9H2,1-6H3/t12-,13+/m1/s1. The van der Waals surface area contributed by atoms with Gasteiger partial charge in [-0.15, -0.1) is 0 Å². The van der Waals surface area contributed by atoms with Crippen LogP contribution in [-0.4, -0.2) is 40.8 Å². The lowest BCUT2D eigenvalue weighted by Crippen LogP contribution is -2.48. The minimum absolute atomic E-state index is 0.0629. The van der Waals surface area contributed by atoms with Crippen molar-refractivity contribution >= 4 is 6.09 Å². The molecule has 4 heteroatoms. The summed E-state index contributed by atoms with van der Waals surface area (Å²) in [7, 11) is 0. The molecule has 106 valence electrons. The summed E-state index contributed by atoms with van der Waals surface area (Å²) in [4.78, 5) is 12.1. The molecule has 18 heavy (non-hydrogen) atoms. The average molecular weight is 256 g/mol. The number of nitrogens with zero attached hydrogens (tertiary/aromatic N) is 2. The molecule has 0 radical (unpaired) electrons. The van der Waals surface area contributed by atoms with Crippen LogP contribution < -0.4 is 0 Å². The van der Waals surface area contributed by atoms with E-state index in [2.05, 4.69) is 32.7 Å². The molecule has 0 bridgehead atoms. The maximum absolute atomic E-state index is 12.1. The summed E-state index contributed by atoms with van der Waals surface area (Å²) >= 11 is 0. The lowest BCUT2D eigenvalue weighted by molar-refractivity contribution is -0.0329. The first-order chi connectivity index (χ1) is 8.38. The summed E-state index contributed by atoms with van der Waals surface area (Å²) in [6, 6.07) is 0.728. The van der Waals surface area contributed by atoms with Crippen LogP contribution >= 0.6 is 0 Å². The summed E-state index contributed by atoms with van der Waals surface area (Å²) in [5.41, 5.74) is 0. The fourth-order valence-electron chi connectivity index (χ4n) is 2.79. The Balaban J connectivity index is 2.78. The third-order valence-electron chi connectivity index (χ3n) is 3.52. The second-order valence-corrected chi connectivity index (χ2v) is 5.78. The van der Waals surface area contributed by atoms with E-state index >= 15 is 0 Å². The second kappa shape index (κ2) is 6.41. The Labute approximate surface area is 111 Å². The van der Waals surface area contributed by atoms with Crippen molar-refractivity contribution in [3.63, 3.8) is 0 Å². The molecule has 1 rings (SSSR count). The zero-order chi connectivity index (χ0) is 13.9. The predicted octanol–water partition coefficient (Wildman–Crippen LogP) is 3.28. The first-order valence-corrected chi connectivity index (χ1v) is 7.14. The summed E-state index contributed by atoms with van der Waals surface area (Å²) < 4.78 is 5.33. The molecule has 0 aromatic heterocycles. The van der Waals surface area contributed by atoms with E-state index in [1.165, 1.54) is 0 Å². The van der Waals surface area contributed by atoms with Gasteiger partial charge in [0.05, 0.1) is 6.10 Å². The van der Waals surface area contributed by atoms with E-state index in [0.29, 0.717) is 18.0 Å². The number of carbonyl (C=O) groups is 1. The Kier molecular flexibility index (Phi) is 5.45. The van der Waals surface area contributed by atoms with Gasteiger partial charge in [0.25, 0.3) is 0 Å². The minimum Gasteiger partial charge on any atom is -0.446 e. The monoisotopic (exact) mass is 256 g/mol. The zero-order valence-electron chi connectivity index (χ0n) is 12.6. The van der Waals surface area contributed by atoms with Crippen LogP contribution in [0.4, 0.5) is 4.79 Å². The van der Waals surface area contributed by atoms with Crippen LogP contribution in [0.15, 0.2) is 0 Å². The van der Waals surface area contributed by atoms with Crippen LogP contribution in [0.2, 0.25) is 0 Å². The highest BCUT2D eigenvalue weighted by molar-refractivity contribution is 5.67. The highest BCUT2D eigenvalue weighted by atomic mass is 16.6. The van der Waals surface area contributed by atoms with Crippen molar-refractivity contribution in [3.05, 3.63) is 0 Å². The minimum atomic E-state index is -0.204. The molecule has 1 aliphatic rings. The zero-order valence-corrected chi connectivity index (χ0v) is 12.6. The van der Waals surface area contributed by atoms with Gasteiger partial charge >= 0.3 is 6.09 Å². The second-order valence-electron chi connectivity index (χ2n) is 5.78. The molecule has 0 spiro atoms. The molecule has 1 heterocycles. The Hall–Kier alpha value is -0.770. The quantitative estimate of drug-likeness (QED) is 0.774. The van der Waals surface area contributed by atoms with Crippen molar-refractivity contribution in [2.24, 2.45) is 5.92 Å². The van der Waals surface area contributed by atoms with Crippen molar-refractivity contribution in [3.8, 4) is 0 Å². The fourth-order valence-corrected chi connectivity index (χ4v) is 2.79. The molecule has 1 amide bonds. The summed E-state index contributed by atoms with van der Waals surface area (Å²) in [6.45, 7) is 13.2. The SMILES string of the molecule is CCC[C@H]1CN(C(=O)OC(C)C)N(C(C)C)[C@@H]1C. The number of amides is 1. The highest BCUT2D eigenvalue weighted by Crippen LogP contribution is 2.30. The number of ether oxygens (including phenoxy) is 1. The fraction of sp³-hybridized carbons (Fsp3) is 0.929. The lowest BCUT2D eigenvalue weighted by atomic mass is 9.97. The molecular formula is C14H28N2O2. The first-order valence-electron chi connectivity index (χ1n) is 7.14. The number of hydrogen-bond donors (Lipinski definition) is 0. The van der Waals surface area contributed by atoms with E-state index in [9.17, 15) is 4.79 Å². The molecular weight excluding hydrogens is 228 g/mol. The number of carbonyl (C=O) groups excluding carboxylic acids is 1. The molecule has 0 saturated carbocycles. The molecule has 4 nitrogen and oxygen atoms in total. The summed E-state index contributed by atoms with van der Waals surface area (Å²) in [6.07, 6.45) is 2.06. The molecule has 0 N–H and O–H groups in total. The van der Waals surface area contributed by atoms with Gasteiger partial charge in [-0.05, 0) is 47.0 Å². The van der Waals surface area contributed by atoms with E-state index < -0.39 is 0 Å². The normalized spacial score (nSPS) is 25.2. The van der Waals surface area contributed by atoms with E-state index in [1.807, 2.05) is 13.8 Å². The molecule has 1 fully saturated rings. The third-order valence-corrected chi connectivity index (χ3v) is 3.52. The molecule has 0 aromatic carbocycles. The van der Waals surface area contributed by atoms with Crippen molar-refractivity contribution in [2.75, 3.05) is 6.54 Å². The van der Waals surface area contributed by atoms with Gasteiger partial charge in [-0.2, -0.15) is 0 Å². The Morgan fingerprint density at radius 3 is 2.39 bits per heavy atom. The molecule has 2 atom stereocenters. The molecule has 0 aromatic rings. The van der Waals surface area contributed by atoms with Crippen LogP contribution in [-0.2, 0) is 4.74 Å². The van der Waals surface area contributed by atoms with Crippen LogP contribution in [0, 0.1) is 5.92 Å². The number of hydrogen-bond acceptors (Lipinski definition) is 3. The van der Waals surface area contributed by atoms with Gasteiger partial charge in [0.15, 0.2) is 0 Å². The van der Waals surface area contributed by atoms with Crippen LogP contribution in [0.3, 0.4) is 0 Å². The molecule has 0 unspecified atom stereocenters. The van der Waals surface area contributed by atoms with Gasteiger partial charge in [-0.1, -0.05) is 13.3 Å². The largest absolute Gasteiger partial charge is 0.446 e. The molecule has 1 saturated heterocycles. The van der Waals surface area contributed by atoms with E-state index in [-0.39, 0.29) is 12.2 Å². The number of hydrazine groups is 1. The third kappa shape index (κ3) is 3.37. The van der Waals surface area contributed by atoms with Gasteiger partial charge in [0.2, 0.25) is 0 Å². The van der Waals surface area contributed by atoms with Crippen molar-refractivity contribution < 1.29 is 9.53 Å². The van der Waals surface area contributed by atoms with Gasteiger partial charge in [0, 0.05) is 18.6 Å². The predicted molar refractivity (Wildman–Crippen MR) is 73.2 cm³/mol. The summed E-state index contributed by atoms with van der Waals surface area (Å²) in [5.74, 6) is 0.553. The molecule has 1 aliphatic heterocycles. The first kappa shape index (κ1) is 15.3. The Bertz CT molecular complexity index is 279. The summed E-state index contributed by atoms with van der Waals surface area (Å²) in [5, 5.41) is 3.97. The Morgan fingerprint density at radius 1 is 1.33 bits per heavy atom. The van der Waals surface area contributed by atoms with E-state index in [1.54, 1.807) is 5.01 Å². The smallest absolute Gasteiger partial charge is 0.424 e. The van der Waals surface area contributed by atoms with Crippen LogP contribution in [0.5, 0.6) is 0 Å². The van der Waals surface area contributed by atoms with Gasteiger partial charge in [-0.25, -0.2) is 14.8 Å². The average Bonchev–Trinajstić information content (AvgIpc) is 2.56. The van der Waals surface area contributed by atoms with E-state index in [4.69, 9.17) is 4.74 Å². The van der Waals surface area contributed by atoms with Crippen molar-refractivity contribution in [2.45, 2.75) is 72.6 Å². The maximum atomic E-state index is 12.1. The molecule has 0 aliphatic carbocycles. The Morgan fingerprint density at radius 2 is 1.94 bits per heavy atom.